The number of carbonyl (C=O) groups is 1. The van der Waals surface area contributed by atoms with Gasteiger partial charge < -0.3 is 5.11 Å². The molecule has 0 aliphatic carbocycles. The second-order valence-electron chi connectivity index (χ2n) is 2.01. The molecule has 0 atom stereocenters. The monoisotopic (exact) mass is 212 g/mol. The van der Waals surface area contributed by atoms with Crippen molar-refractivity contribution in [3.63, 3.8) is 0 Å². The van der Waals surface area contributed by atoms with Crippen molar-refractivity contribution in [1.29, 1.82) is 0 Å². The van der Waals surface area contributed by atoms with Gasteiger partial charge in [0.15, 0.2) is 0 Å². The Labute approximate surface area is 76.5 Å². The van der Waals surface area contributed by atoms with E-state index < -0.39 is 12.1 Å². The maximum atomic E-state index is 10.6. The van der Waals surface area contributed by atoms with E-state index in [4.69, 9.17) is 15.7 Å². The van der Waals surface area contributed by atoms with Crippen molar-refractivity contribution < 1.29 is 23.1 Å². The predicted molar refractivity (Wildman–Crippen MR) is 38.6 cm³/mol. The fraction of sp³-hybridized carbons (Fsp3) is 0.400. The summed E-state index contributed by atoms with van der Waals surface area (Å²) in [5, 5.41) is 15.7. The normalized spacial score (nSPS) is 14.7. The molecule has 0 unspecified atom stereocenters. The summed E-state index contributed by atoms with van der Waals surface area (Å²) in [4.78, 5) is 8.90. The summed E-state index contributed by atoms with van der Waals surface area (Å²) in [5.74, 6) is 2.47. The number of azo groups is 1. The Hall–Kier alpha value is -1.64. The lowest BCUT2D eigenvalue weighted by Crippen LogP contribution is -2.25. The molecule has 1 aliphatic rings. The third-order valence-corrected chi connectivity index (χ3v) is 0.876. The van der Waals surface area contributed by atoms with E-state index in [9.17, 15) is 13.2 Å². The zero-order valence-electron chi connectivity index (χ0n) is 6.77. The summed E-state index contributed by atoms with van der Waals surface area (Å²) in [6.07, 6.45) is -1.88. The van der Waals surface area contributed by atoms with Crippen molar-refractivity contribution in [2.45, 2.75) is 6.18 Å². The fourth-order valence-corrected chi connectivity index (χ4v) is 0.319. The highest BCUT2D eigenvalue weighted by atomic mass is 19.4. The van der Waals surface area contributed by atoms with Gasteiger partial charge in [-0.1, -0.05) is 0 Å². The van der Waals surface area contributed by atoms with Crippen LogP contribution < -0.4 is 5.84 Å². The van der Waals surface area contributed by atoms with Gasteiger partial charge in [-0.15, -0.1) is 0 Å². The number of nitrogens with two attached hydrogens (primary N) is 1. The highest BCUT2D eigenvalue weighted by molar-refractivity contribution is 5.73. The van der Waals surface area contributed by atoms with Gasteiger partial charge in [0.1, 0.15) is 6.67 Å². The van der Waals surface area contributed by atoms with E-state index >= 15 is 0 Å². The number of alkyl halides is 3. The van der Waals surface area contributed by atoms with Crippen LogP contribution in [0.3, 0.4) is 0 Å². The van der Waals surface area contributed by atoms with E-state index in [1.54, 1.807) is 12.4 Å². The van der Waals surface area contributed by atoms with Crippen LogP contribution in [0.15, 0.2) is 22.6 Å². The molecule has 1 rings (SSSR count). The Bertz CT molecular complexity index is 250. The van der Waals surface area contributed by atoms with Gasteiger partial charge in [-0.3, -0.25) is 5.01 Å². The molecule has 0 aromatic rings. The molecule has 14 heavy (non-hydrogen) atoms. The van der Waals surface area contributed by atoms with E-state index in [0.29, 0.717) is 6.67 Å². The standard InChI is InChI=1S/C3H6N4.C2HF3O2/c4-7-2-1-5-6-3-7;3-2(4,5)1(6)7/h1-2H,3-4H2;(H,6,7). The third kappa shape index (κ3) is 5.94. The van der Waals surface area contributed by atoms with Crippen LogP contribution in [0.4, 0.5) is 13.2 Å². The molecule has 0 spiro atoms. The number of hydrogen-bond acceptors (Lipinski definition) is 5. The Balaban J connectivity index is 0.000000241. The first kappa shape index (κ1) is 12.4. The molecular weight excluding hydrogens is 205 g/mol. The van der Waals surface area contributed by atoms with Gasteiger partial charge in [-0.05, 0) is 0 Å². The van der Waals surface area contributed by atoms with Crippen LogP contribution >= 0.6 is 0 Å². The molecule has 6 nitrogen and oxygen atoms in total. The van der Waals surface area contributed by atoms with E-state index in [0.717, 1.165) is 0 Å². The number of nitrogens with zero attached hydrogens (tertiary/aromatic N) is 3. The zero-order valence-corrected chi connectivity index (χ0v) is 6.77. The van der Waals surface area contributed by atoms with Gasteiger partial charge in [-0.25, -0.2) is 10.6 Å². The first-order valence-corrected chi connectivity index (χ1v) is 3.19. The molecule has 1 heterocycles. The summed E-state index contributed by atoms with van der Waals surface area (Å²) < 4.78 is 31.7. The quantitative estimate of drug-likeness (QED) is 0.578. The Morgan fingerprint density at radius 2 is 2.07 bits per heavy atom. The van der Waals surface area contributed by atoms with Crippen molar-refractivity contribution in [3.05, 3.63) is 12.4 Å². The highest BCUT2D eigenvalue weighted by Crippen LogP contribution is 2.13. The highest BCUT2D eigenvalue weighted by Gasteiger charge is 2.38. The molecule has 0 amide bonds. The summed E-state index contributed by atoms with van der Waals surface area (Å²) in [5.41, 5.74) is 0. The van der Waals surface area contributed by atoms with Crippen LogP contribution in [0.1, 0.15) is 0 Å². The molecule has 3 N–H and O–H groups in total. The molecular formula is C5H7F3N4O2. The summed E-state index contributed by atoms with van der Waals surface area (Å²) in [6, 6.07) is 0. The summed E-state index contributed by atoms with van der Waals surface area (Å²) in [7, 11) is 0. The molecule has 0 saturated heterocycles. The van der Waals surface area contributed by atoms with Crippen LogP contribution in [0.2, 0.25) is 0 Å². The minimum absolute atomic E-state index is 0.469. The SMILES string of the molecule is NN1C=CN=NC1.O=C(O)C(F)(F)F. The average Bonchev–Trinajstić information content (AvgIpc) is 2.04. The first-order chi connectivity index (χ1) is 6.34. The van der Waals surface area contributed by atoms with Crippen molar-refractivity contribution in [2.24, 2.45) is 16.1 Å². The largest absolute Gasteiger partial charge is 0.490 e. The average molecular weight is 212 g/mol. The van der Waals surface area contributed by atoms with Gasteiger partial charge in [0.2, 0.25) is 0 Å². The third-order valence-electron chi connectivity index (χ3n) is 0.876. The molecule has 1 aliphatic heterocycles. The molecule has 0 fully saturated rings. The van der Waals surface area contributed by atoms with Gasteiger partial charge in [0, 0.05) is 6.20 Å². The van der Waals surface area contributed by atoms with Gasteiger partial charge in [0.05, 0.1) is 6.20 Å². The van der Waals surface area contributed by atoms with Crippen LogP contribution in [0.25, 0.3) is 0 Å². The number of halogens is 3. The van der Waals surface area contributed by atoms with Gasteiger partial charge >= 0.3 is 12.1 Å². The molecule has 0 bridgehead atoms. The van der Waals surface area contributed by atoms with E-state index in [1.807, 2.05) is 0 Å². The fourth-order valence-electron chi connectivity index (χ4n) is 0.319. The van der Waals surface area contributed by atoms with Crippen LogP contribution in [0.5, 0.6) is 0 Å². The molecule has 0 saturated carbocycles. The summed E-state index contributed by atoms with van der Waals surface area (Å²) >= 11 is 0. The lowest BCUT2D eigenvalue weighted by atomic mass is 10.7. The van der Waals surface area contributed by atoms with E-state index in [2.05, 4.69) is 10.2 Å². The van der Waals surface area contributed by atoms with Crippen LogP contribution in [0, 0.1) is 0 Å². The number of carboxylic acids is 1. The van der Waals surface area contributed by atoms with Crippen LogP contribution in [-0.4, -0.2) is 28.9 Å². The van der Waals surface area contributed by atoms with Crippen molar-refractivity contribution >= 4 is 5.97 Å². The van der Waals surface area contributed by atoms with E-state index in [-0.39, 0.29) is 0 Å². The second kappa shape index (κ2) is 5.17. The lowest BCUT2D eigenvalue weighted by Gasteiger charge is -2.09. The maximum absolute atomic E-state index is 10.6. The second-order valence-corrected chi connectivity index (χ2v) is 2.01. The minimum atomic E-state index is -5.08. The lowest BCUT2D eigenvalue weighted by molar-refractivity contribution is -0.192. The smallest absolute Gasteiger partial charge is 0.475 e. The Kier molecular flexibility index (Phi) is 4.56. The molecule has 0 radical (unpaired) electrons. The Morgan fingerprint density at radius 1 is 1.57 bits per heavy atom. The van der Waals surface area contributed by atoms with Crippen molar-refractivity contribution in [2.75, 3.05) is 6.67 Å². The first-order valence-electron chi connectivity index (χ1n) is 3.19. The maximum Gasteiger partial charge on any atom is 0.490 e. The molecule has 0 aromatic carbocycles. The topological polar surface area (TPSA) is 91.3 Å². The van der Waals surface area contributed by atoms with Crippen molar-refractivity contribution in [1.82, 2.24) is 5.01 Å². The van der Waals surface area contributed by atoms with Crippen molar-refractivity contribution in [3.8, 4) is 0 Å². The molecule has 0 aromatic heterocycles. The number of hydrazine groups is 1. The molecule has 80 valence electrons. The van der Waals surface area contributed by atoms with Gasteiger partial charge in [-0.2, -0.15) is 23.4 Å². The minimum Gasteiger partial charge on any atom is -0.475 e. The number of carboxylic acid groups (broad SMARTS) is 1. The number of aliphatic carboxylic acids is 1. The van der Waals surface area contributed by atoms with Gasteiger partial charge in [0.25, 0.3) is 0 Å². The number of rotatable bonds is 0. The van der Waals surface area contributed by atoms with E-state index in [1.165, 1.54) is 5.01 Å². The Morgan fingerprint density at radius 3 is 2.21 bits per heavy atom. The predicted octanol–water partition coefficient (Wildman–Crippen LogP) is 0.690. The zero-order chi connectivity index (χ0) is 11.2. The van der Waals surface area contributed by atoms with Crippen LogP contribution in [-0.2, 0) is 4.79 Å². The molecule has 9 heteroatoms. The number of hydrogen-bond donors (Lipinski definition) is 2. The summed E-state index contributed by atoms with van der Waals surface area (Å²) in [6.45, 7) is 0.469.